The second-order valence-electron chi connectivity index (χ2n) is 17.9. The second kappa shape index (κ2) is 25.5. The average molecular weight is 916 g/mol. The summed E-state index contributed by atoms with van der Waals surface area (Å²) in [6, 6.07) is -0.725. The van der Waals surface area contributed by atoms with Crippen molar-refractivity contribution in [3.63, 3.8) is 0 Å². The zero-order chi connectivity index (χ0) is 46.5. The van der Waals surface area contributed by atoms with Gasteiger partial charge in [-0.15, -0.1) is 16.7 Å². The van der Waals surface area contributed by atoms with E-state index in [9.17, 15) is 30.0 Å². The zero-order valence-electron chi connectivity index (χ0n) is 38.8. The summed E-state index contributed by atoms with van der Waals surface area (Å²) in [5, 5.41) is 53.9. The van der Waals surface area contributed by atoms with E-state index in [1.165, 1.54) is 14.2 Å². The van der Waals surface area contributed by atoms with Crippen molar-refractivity contribution in [2.45, 2.75) is 173 Å². The number of ketones is 1. The summed E-state index contributed by atoms with van der Waals surface area (Å²) in [7, 11) is 6.46. The number of ether oxygens (including phenoxy) is 7. The maximum absolute atomic E-state index is 14.0. The molecule has 17 atom stereocenters. The molecule has 0 spiro atoms. The van der Waals surface area contributed by atoms with Crippen LogP contribution in [0.2, 0.25) is 0 Å². The van der Waals surface area contributed by atoms with Crippen LogP contribution in [0.1, 0.15) is 85.8 Å². The molecule has 4 rings (SSSR count). The number of halogens is 1. The van der Waals surface area contributed by atoms with E-state index >= 15 is 0 Å². The number of carbonyl (C=O) groups excluding carboxylic acids is 2. The first-order chi connectivity index (χ1) is 29.9. The molecule has 0 amide bonds. The van der Waals surface area contributed by atoms with Crippen molar-refractivity contribution in [3.8, 4) is 0 Å². The van der Waals surface area contributed by atoms with Gasteiger partial charge in [0.2, 0.25) is 0 Å². The molecule has 0 aromatic carbocycles. The predicted molar refractivity (Wildman–Crippen MR) is 234 cm³/mol. The number of allylic oxidation sites excluding steroid dienone is 3. The topological polar surface area (TPSA) is 214 Å². The number of hydrogen-bond donors (Lipinski definition) is 4. The molecule has 2 fully saturated rings. The smallest absolute Gasteiger partial charge is 0.308 e. The molecule has 3 aliphatic rings. The fourth-order valence-electron chi connectivity index (χ4n) is 8.95. The number of esters is 1. The lowest BCUT2D eigenvalue weighted by Crippen LogP contribution is -2.63. The Morgan fingerprint density at radius 2 is 1.60 bits per heavy atom. The third-order valence-corrected chi connectivity index (χ3v) is 13.1. The van der Waals surface area contributed by atoms with Gasteiger partial charge in [0.25, 0.3) is 0 Å². The molecule has 0 bridgehead atoms. The Balaban J connectivity index is 1.69. The van der Waals surface area contributed by atoms with Gasteiger partial charge in [-0.1, -0.05) is 43.7 Å². The standard InChI is InChI=1S/C45H75ClN4O13/c1-11-35-31(24-59-45-43(58-10)42(57-9)39(55)29(6)61-45)20-25(2)15-16-33(51)26(3)21-30(17-19-50-23-32(47-48-50)14-12-13-18-46)41(27(4)34(52)22-36(53)62-35)63-44-40(56)37(49(7)8)38(54)28(5)60-44/h15-16,20,23,26-31,34-35,37-45,52,54-56H,11-14,17-19,21-22,24H2,1-10H3/b16-15+,25-20+/t26-,27+,28-,29?,30+,31-,34-,35-,37?,38-,39-,40?,41-,42+,43?,44+,45-/m1/s1. The molecule has 63 heavy (non-hydrogen) atoms. The Hall–Kier alpha value is -2.39. The van der Waals surface area contributed by atoms with Crippen LogP contribution >= 0.6 is 11.6 Å². The number of nitrogens with zero attached hydrogens (tertiary/aromatic N) is 4. The van der Waals surface area contributed by atoms with Gasteiger partial charge < -0.3 is 58.5 Å². The number of aliphatic hydroxyl groups excluding tert-OH is 4. The van der Waals surface area contributed by atoms with Crippen molar-refractivity contribution in [2.75, 3.05) is 40.8 Å². The van der Waals surface area contributed by atoms with E-state index in [-0.39, 0.29) is 18.8 Å². The van der Waals surface area contributed by atoms with Crippen molar-refractivity contribution < 1.29 is 63.2 Å². The lowest BCUT2D eigenvalue weighted by atomic mass is 9.79. The highest BCUT2D eigenvalue weighted by molar-refractivity contribution is 6.17. The highest BCUT2D eigenvalue weighted by Crippen LogP contribution is 2.35. The molecular formula is C45H75ClN4O13. The number of aryl methyl sites for hydroxylation is 2. The Labute approximate surface area is 378 Å². The predicted octanol–water partition coefficient (Wildman–Crippen LogP) is 3.22. The maximum Gasteiger partial charge on any atom is 0.308 e. The van der Waals surface area contributed by atoms with Gasteiger partial charge in [0.05, 0.1) is 55.3 Å². The summed E-state index contributed by atoms with van der Waals surface area (Å²) in [6.45, 7) is 11.2. The van der Waals surface area contributed by atoms with Gasteiger partial charge in [0, 0.05) is 50.6 Å². The van der Waals surface area contributed by atoms with Crippen molar-refractivity contribution in [1.29, 1.82) is 0 Å². The monoisotopic (exact) mass is 915 g/mol. The van der Waals surface area contributed by atoms with Crippen LogP contribution in [0.25, 0.3) is 0 Å². The van der Waals surface area contributed by atoms with Gasteiger partial charge in [-0.05, 0) is 85.4 Å². The Morgan fingerprint density at radius 3 is 2.25 bits per heavy atom. The van der Waals surface area contributed by atoms with E-state index in [1.807, 2.05) is 33.0 Å². The highest BCUT2D eigenvalue weighted by Gasteiger charge is 2.48. The van der Waals surface area contributed by atoms with Gasteiger partial charge in [-0.2, -0.15) is 0 Å². The normalized spacial score (nSPS) is 39.2. The lowest BCUT2D eigenvalue weighted by molar-refractivity contribution is -0.304. The van der Waals surface area contributed by atoms with E-state index < -0.39 is 109 Å². The minimum Gasteiger partial charge on any atom is -0.462 e. The molecule has 18 heteroatoms. The lowest BCUT2D eigenvalue weighted by Gasteiger charge is -2.46. The molecule has 0 saturated carbocycles. The van der Waals surface area contributed by atoms with Crippen LogP contribution < -0.4 is 0 Å². The number of alkyl halides is 1. The van der Waals surface area contributed by atoms with Crippen molar-refractivity contribution in [1.82, 2.24) is 19.9 Å². The van der Waals surface area contributed by atoms with E-state index in [1.54, 1.807) is 56.6 Å². The summed E-state index contributed by atoms with van der Waals surface area (Å²) in [6.07, 6.45) is -0.698. The fraction of sp³-hybridized carbons (Fsp3) is 0.822. The number of carbonyl (C=O) groups is 2. The molecule has 0 aliphatic carbocycles. The van der Waals surface area contributed by atoms with Crippen LogP contribution in [0.4, 0.5) is 0 Å². The number of aromatic nitrogens is 3. The number of rotatable bonds is 16. The number of likely N-dealkylation sites (N-methyl/N-ethyl adjacent to an activating group) is 1. The minimum atomic E-state index is -1.28. The molecule has 1 aromatic heterocycles. The molecule has 0 radical (unpaired) electrons. The summed E-state index contributed by atoms with van der Waals surface area (Å²) < 4.78 is 44.2. The third kappa shape index (κ3) is 14.5. The minimum absolute atomic E-state index is 0.0209. The quantitative estimate of drug-likeness (QED) is 0.107. The van der Waals surface area contributed by atoms with E-state index in [4.69, 9.17) is 44.8 Å². The van der Waals surface area contributed by atoms with E-state index in [0.29, 0.717) is 31.7 Å². The molecule has 360 valence electrons. The van der Waals surface area contributed by atoms with Crippen LogP contribution in [-0.2, 0) is 55.7 Å². The zero-order valence-corrected chi connectivity index (χ0v) is 39.6. The first-order valence-electron chi connectivity index (χ1n) is 22.5. The summed E-state index contributed by atoms with van der Waals surface area (Å²) in [5.41, 5.74) is 1.56. The first kappa shape index (κ1) is 53.2. The summed E-state index contributed by atoms with van der Waals surface area (Å²) in [5.74, 6) is -2.40. The van der Waals surface area contributed by atoms with Crippen molar-refractivity contribution >= 4 is 23.4 Å². The third-order valence-electron chi connectivity index (χ3n) is 12.8. The number of hydrogen-bond acceptors (Lipinski definition) is 16. The SMILES string of the molecule is CC[C@H]1OC(=O)C[C@@H](O)[C@H](C)[C@@H](O[C@@H]2O[C@H](C)[C@@H](O)C(N(C)C)C2O)[C@@H](CCn2cc(CCCCCl)nn2)C[C@@H](C)C(=O)/C=C/C(C)=C/[C@@H]1CO[C@@H]1OC(C)[C@@H](O)[C@H](OC)C1OC. The Bertz CT molecular complexity index is 1620. The largest absolute Gasteiger partial charge is 0.462 e. The molecule has 4 heterocycles. The maximum atomic E-state index is 14.0. The number of cyclic esters (lactones) is 1. The molecule has 17 nitrogen and oxygen atoms in total. The average Bonchev–Trinajstić information content (AvgIpc) is 3.70. The van der Waals surface area contributed by atoms with Crippen LogP contribution in [0.3, 0.4) is 0 Å². The van der Waals surface area contributed by atoms with Gasteiger partial charge in [-0.3, -0.25) is 14.3 Å². The fourth-order valence-corrected chi connectivity index (χ4v) is 9.14. The number of aliphatic hydroxyl groups is 4. The van der Waals surface area contributed by atoms with Crippen LogP contribution in [-0.4, -0.2) is 173 Å². The molecule has 4 unspecified atom stereocenters. The molecule has 3 aliphatic heterocycles. The number of unbranched alkanes of at least 4 members (excludes halogenated alkanes) is 1. The van der Waals surface area contributed by atoms with Gasteiger partial charge in [0.1, 0.15) is 30.5 Å². The molecule has 1 aromatic rings. The Kier molecular flexibility index (Phi) is 21.5. The van der Waals surface area contributed by atoms with Crippen LogP contribution in [0.5, 0.6) is 0 Å². The van der Waals surface area contributed by atoms with Gasteiger partial charge in [-0.25, -0.2) is 0 Å². The molecule has 2 saturated heterocycles. The van der Waals surface area contributed by atoms with Crippen LogP contribution in [0.15, 0.2) is 30.0 Å². The molecular weight excluding hydrogens is 840 g/mol. The molecule has 4 N–H and O–H groups in total. The van der Waals surface area contributed by atoms with Crippen molar-refractivity contribution in [2.24, 2.45) is 23.7 Å². The van der Waals surface area contributed by atoms with Crippen LogP contribution in [0, 0.1) is 23.7 Å². The first-order valence-corrected chi connectivity index (χ1v) is 23.0. The summed E-state index contributed by atoms with van der Waals surface area (Å²) in [4.78, 5) is 29.5. The van der Waals surface area contributed by atoms with E-state index in [0.717, 1.165) is 30.5 Å². The second-order valence-corrected chi connectivity index (χ2v) is 18.2. The Morgan fingerprint density at radius 1 is 0.921 bits per heavy atom. The van der Waals surface area contributed by atoms with E-state index in [2.05, 4.69) is 10.3 Å². The van der Waals surface area contributed by atoms with Gasteiger partial charge in [0.15, 0.2) is 18.4 Å². The summed E-state index contributed by atoms with van der Waals surface area (Å²) >= 11 is 5.89. The van der Waals surface area contributed by atoms with Crippen molar-refractivity contribution in [3.05, 3.63) is 35.7 Å². The number of methoxy groups -OCH3 is 2. The van der Waals surface area contributed by atoms with Gasteiger partial charge >= 0.3 is 5.97 Å². The highest BCUT2D eigenvalue weighted by atomic mass is 35.5.